The Morgan fingerprint density at radius 1 is 1.73 bits per heavy atom. The van der Waals surface area contributed by atoms with Gasteiger partial charge in [-0.25, -0.2) is 0 Å². The van der Waals surface area contributed by atoms with Gasteiger partial charge in [0.05, 0.1) is 0 Å². The van der Waals surface area contributed by atoms with Crippen molar-refractivity contribution >= 4 is 5.82 Å². The number of aromatic nitrogens is 2. The van der Waals surface area contributed by atoms with Gasteiger partial charge in [-0.15, -0.1) is 0 Å². The summed E-state index contributed by atoms with van der Waals surface area (Å²) in [6.07, 6.45) is 2.36. The van der Waals surface area contributed by atoms with Crippen LogP contribution < -0.4 is 5.73 Å². The van der Waals surface area contributed by atoms with Crippen molar-refractivity contribution in [3.8, 4) is 6.07 Å². The van der Waals surface area contributed by atoms with E-state index in [9.17, 15) is 0 Å². The third kappa shape index (κ3) is 3.79. The van der Waals surface area contributed by atoms with Crippen LogP contribution in [-0.2, 0) is 21.1 Å². The number of nitrogen functional groups attached to an aromatic ring is 1. The molecule has 0 atom stereocenters. The second kappa shape index (κ2) is 7.30. The van der Waals surface area contributed by atoms with Crippen LogP contribution in [0.4, 0.5) is 5.82 Å². The Bertz CT molecular complexity index is 225. The smallest absolute Gasteiger partial charge is 0.434 e. The molecule has 0 aromatic carbocycles. The first-order chi connectivity index (χ1) is 4.84. The molecule has 1 aromatic heterocycles. The zero-order valence-corrected chi connectivity index (χ0v) is 9.02. The predicted octanol–water partition coefficient (Wildman–Crippen LogP) is 0.502. The Labute approximate surface area is 80.0 Å². The molecule has 1 aromatic rings. The average molecular weight is 320 g/mol. The molecule has 0 saturated carbocycles. The number of nitrogens with zero attached hydrogens (tertiary/aromatic N) is 2. The number of hydrogen-bond donors (Lipinski definition) is 2. The fraction of sp³-hybridized carbons (Fsp3) is 0.167. The SMILES string of the molecule is N#Cc1[c-]n[nH]c1N.[CH2-]C.[W+2]. The second-order valence-corrected chi connectivity index (χ2v) is 1.24. The van der Waals surface area contributed by atoms with Gasteiger partial charge in [0.15, 0.2) is 0 Å². The molecule has 11 heavy (non-hydrogen) atoms. The number of nitriles is 1. The summed E-state index contributed by atoms with van der Waals surface area (Å²) >= 11 is 0. The minimum Gasteiger partial charge on any atom is -0.434 e. The summed E-state index contributed by atoms with van der Waals surface area (Å²) in [4.78, 5) is 0. The first-order valence-electron chi connectivity index (χ1n) is 2.67. The van der Waals surface area contributed by atoms with Gasteiger partial charge in [0.25, 0.3) is 0 Å². The molecule has 0 amide bonds. The minimum atomic E-state index is 0. The van der Waals surface area contributed by atoms with Crippen LogP contribution in [0.2, 0.25) is 0 Å². The Hall–Kier alpha value is -0.812. The van der Waals surface area contributed by atoms with E-state index in [1.165, 1.54) is 0 Å². The Balaban J connectivity index is 0. The van der Waals surface area contributed by atoms with Crippen molar-refractivity contribution in [1.29, 1.82) is 5.26 Å². The van der Waals surface area contributed by atoms with Crippen molar-refractivity contribution in [2.75, 3.05) is 5.73 Å². The van der Waals surface area contributed by atoms with E-state index >= 15 is 0 Å². The van der Waals surface area contributed by atoms with Gasteiger partial charge >= 0.3 is 21.1 Å². The summed E-state index contributed by atoms with van der Waals surface area (Å²) in [6, 6.07) is 1.80. The van der Waals surface area contributed by atoms with Crippen LogP contribution in [0, 0.1) is 24.5 Å². The number of nitrogens with two attached hydrogens (primary N) is 1. The Kier molecular flexibility index (Phi) is 8.51. The molecule has 5 heteroatoms. The first-order valence-corrected chi connectivity index (χ1v) is 2.67. The van der Waals surface area contributed by atoms with Crippen LogP contribution in [0.5, 0.6) is 0 Å². The number of anilines is 1. The van der Waals surface area contributed by atoms with Crippen molar-refractivity contribution in [2.24, 2.45) is 0 Å². The zero-order valence-electron chi connectivity index (χ0n) is 6.09. The maximum atomic E-state index is 8.19. The van der Waals surface area contributed by atoms with E-state index in [-0.39, 0.29) is 32.4 Å². The molecule has 0 bridgehead atoms. The van der Waals surface area contributed by atoms with Crippen LogP contribution in [0.15, 0.2) is 0 Å². The van der Waals surface area contributed by atoms with Gasteiger partial charge in [0.2, 0.25) is 0 Å². The van der Waals surface area contributed by atoms with Crippen molar-refractivity contribution in [3.05, 3.63) is 18.7 Å². The van der Waals surface area contributed by atoms with Crippen LogP contribution in [0.25, 0.3) is 0 Å². The van der Waals surface area contributed by atoms with Crippen LogP contribution >= 0.6 is 0 Å². The van der Waals surface area contributed by atoms with Gasteiger partial charge in [-0.2, -0.15) is 6.92 Å². The van der Waals surface area contributed by atoms with Gasteiger partial charge in [-0.05, 0) is 6.20 Å². The molecule has 0 radical (unpaired) electrons. The predicted molar refractivity (Wildman–Crippen MR) is 37.6 cm³/mol. The summed E-state index contributed by atoms with van der Waals surface area (Å²) in [5.41, 5.74) is 5.45. The maximum absolute atomic E-state index is 8.19. The van der Waals surface area contributed by atoms with E-state index in [0.717, 1.165) is 0 Å². The molecule has 58 valence electrons. The van der Waals surface area contributed by atoms with E-state index in [1.807, 2.05) is 0 Å². The number of rotatable bonds is 0. The third-order valence-corrected chi connectivity index (χ3v) is 0.725. The number of aromatic amines is 1. The topological polar surface area (TPSA) is 78.5 Å². The van der Waals surface area contributed by atoms with Gasteiger partial charge in [0.1, 0.15) is 0 Å². The van der Waals surface area contributed by atoms with Gasteiger partial charge in [-0.1, -0.05) is 11.6 Å². The molecule has 1 rings (SSSR count). The van der Waals surface area contributed by atoms with Gasteiger partial charge in [-0.3, -0.25) is 10.4 Å². The van der Waals surface area contributed by atoms with E-state index in [1.54, 1.807) is 13.0 Å². The number of H-pyrrole nitrogens is 1. The summed E-state index contributed by atoms with van der Waals surface area (Å²) in [5, 5.41) is 14.0. The summed E-state index contributed by atoms with van der Waals surface area (Å²) in [6.45, 7) is 5.00. The monoisotopic (exact) mass is 320 g/mol. The summed E-state index contributed by atoms with van der Waals surface area (Å²) in [5.74, 6) is 0.271. The fourth-order valence-corrected chi connectivity index (χ4v) is 0.345. The molecule has 0 saturated heterocycles. The fourth-order valence-electron chi connectivity index (χ4n) is 0.345. The Morgan fingerprint density at radius 3 is 2.45 bits per heavy atom. The zero-order chi connectivity index (χ0) is 7.98. The largest absolute Gasteiger partial charge is 2.00 e. The summed E-state index contributed by atoms with van der Waals surface area (Å²) in [7, 11) is 0. The van der Waals surface area contributed by atoms with Crippen molar-refractivity contribution in [2.45, 2.75) is 6.92 Å². The summed E-state index contributed by atoms with van der Waals surface area (Å²) < 4.78 is 0. The van der Waals surface area contributed by atoms with E-state index in [4.69, 9.17) is 11.0 Å². The van der Waals surface area contributed by atoms with Crippen molar-refractivity contribution in [1.82, 2.24) is 10.2 Å². The maximum Gasteiger partial charge on any atom is 2.00 e. The van der Waals surface area contributed by atoms with E-state index < -0.39 is 0 Å². The van der Waals surface area contributed by atoms with Gasteiger partial charge < -0.3 is 17.8 Å². The van der Waals surface area contributed by atoms with Gasteiger partial charge in [0, 0.05) is 5.82 Å². The molecule has 0 spiro atoms. The van der Waals surface area contributed by atoms with Crippen molar-refractivity contribution < 1.29 is 21.1 Å². The van der Waals surface area contributed by atoms with E-state index in [0.29, 0.717) is 0 Å². The molecule has 3 N–H and O–H groups in total. The standard InChI is InChI=1S/C4H3N4.C2H5.W/c5-1-3-2-7-8-4(3)6;1-2;/h(H3,6,7,8);1H2,2H3;/q2*-1;+2. The molecular weight excluding hydrogens is 312 g/mol. The van der Waals surface area contributed by atoms with Crippen LogP contribution in [-0.4, -0.2) is 10.2 Å². The molecule has 0 aliphatic rings. The van der Waals surface area contributed by atoms with Crippen LogP contribution in [0.1, 0.15) is 12.5 Å². The quantitative estimate of drug-likeness (QED) is 0.684. The molecule has 0 aliphatic carbocycles. The normalized spacial score (nSPS) is 6.64. The molecule has 0 fully saturated rings. The molecule has 4 nitrogen and oxygen atoms in total. The second-order valence-electron chi connectivity index (χ2n) is 1.24. The first kappa shape index (κ1) is 12.8. The van der Waals surface area contributed by atoms with Crippen molar-refractivity contribution in [3.63, 3.8) is 0 Å². The molecule has 0 aliphatic heterocycles. The number of nitrogens with one attached hydrogen (secondary N) is 1. The van der Waals surface area contributed by atoms with E-state index in [2.05, 4.69) is 23.3 Å². The average Bonchev–Trinajstić information content (AvgIpc) is 2.39. The third-order valence-electron chi connectivity index (χ3n) is 0.725. The minimum absolute atomic E-state index is 0. The molecular formula is C6H8N4W. The Morgan fingerprint density at radius 2 is 2.27 bits per heavy atom. The molecule has 0 unspecified atom stereocenters. The molecule has 1 heterocycles. The van der Waals surface area contributed by atoms with Crippen LogP contribution in [0.3, 0.4) is 0 Å². The number of hydrogen-bond acceptors (Lipinski definition) is 3.